The summed E-state index contributed by atoms with van der Waals surface area (Å²) in [5, 5.41) is 4.85. The fraction of sp³-hybridized carbons (Fsp3) is 0.143. The van der Waals surface area contributed by atoms with Crippen LogP contribution in [-0.4, -0.2) is 25.4 Å². The number of nitrogens with two attached hydrogens (primary N) is 2. The number of nitrogens with zero attached hydrogens (tertiary/aromatic N) is 1. The third kappa shape index (κ3) is 4.89. The van der Waals surface area contributed by atoms with E-state index in [1.54, 1.807) is 36.6 Å². The van der Waals surface area contributed by atoms with Gasteiger partial charge in [-0.3, -0.25) is 4.79 Å². The highest BCUT2D eigenvalue weighted by atomic mass is 32.1. The Labute approximate surface area is 167 Å². The van der Waals surface area contributed by atoms with Gasteiger partial charge in [0.25, 0.3) is 5.91 Å². The van der Waals surface area contributed by atoms with Crippen LogP contribution in [0.5, 0.6) is 5.75 Å². The van der Waals surface area contributed by atoms with Crippen LogP contribution in [0.3, 0.4) is 0 Å². The number of thiophene rings is 1. The summed E-state index contributed by atoms with van der Waals surface area (Å²) in [5.41, 5.74) is 14.6. The van der Waals surface area contributed by atoms with Crippen LogP contribution < -0.4 is 21.5 Å². The predicted molar refractivity (Wildman–Crippen MR) is 115 cm³/mol. The fourth-order valence-electron chi connectivity index (χ4n) is 2.63. The zero-order valence-corrected chi connectivity index (χ0v) is 16.3. The molecule has 6 nitrogen and oxygen atoms in total. The van der Waals surface area contributed by atoms with E-state index in [1.807, 2.05) is 41.8 Å². The van der Waals surface area contributed by atoms with Crippen molar-refractivity contribution in [3.63, 3.8) is 0 Å². The Hall–Kier alpha value is -3.32. The minimum atomic E-state index is -0.221. The zero-order valence-electron chi connectivity index (χ0n) is 15.5. The standard InChI is InChI=1S/C21H22N4O2S/c1-27-16-8-9-18(22)17(13-16)21(26)24-11-10-14-4-6-15(7-5-14)25-20(23)19-3-2-12-28-19/h2-9,12-13H,10-11,22H2,1H3,(H2,23,25)(H,24,26). The van der Waals surface area contributed by atoms with Crippen LogP contribution in [0.4, 0.5) is 11.4 Å². The van der Waals surface area contributed by atoms with Crippen LogP contribution in [0.2, 0.25) is 0 Å². The van der Waals surface area contributed by atoms with Gasteiger partial charge in [-0.1, -0.05) is 18.2 Å². The van der Waals surface area contributed by atoms with Crippen molar-refractivity contribution < 1.29 is 9.53 Å². The first kappa shape index (κ1) is 19.4. The summed E-state index contributed by atoms with van der Waals surface area (Å²) in [7, 11) is 1.55. The smallest absolute Gasteiger partial charge is 0.253 e. The lowest BCUT2D eigenvalue weighted by molar-refractivity contribution is 0.0954. The van der Waals surface area contributed by atoms with Gasteiger partial charge in [0.05, 0.1) is 23.2 Å². The highest BCUT2D eigenvalue weighted by molar-refractivity contribution is 7.12. The first-order valence-electron chi connectivity index (χ1n) is 8.75. The molecule has 0 aliphatic rings. The molecule has 7 heteroatoms. The summed E-state index contributed by atoms with van der Waals surface area (Å²) >= 11 is 1.56. The highest BCUT2D eigenvalue weighted by Gasteiger charge is 2.10. The molecule has 0 spiro atoms. The van der Waals surface area contributed by atoms with Gasteiger partial charge in [-0.2, -0.15) is 0 Å². The van der Waals surface area contributed by atoms with Crippen LogP contribution in [0.25, 0.3) is 0 Å². The molecule has 0 aliphatic heterocycles. The first-order chi connectivity index (χ1) is 13.6. The summed E-state index contributed by atoms with van der Waals surface area (Å²) in [6, 6.07) is 16.7. The van der Waals surface area contributed by atoms with E-state index < -0.39 is 0 Å². The molecule has 0 saturated heterocycles. The number of nitrogen functional groups attached to an aromatic ring is 1. The lowest BCUT2D eigenvalue weighted by Crippen LogP contribution is -2.26. The number of carbonyl (C=O) groups excluding carboxylic acids is 1. The third-order valence-electron chi connectivity index (χ3n) is 4.16. The minimum Gasteiger partial charge on any atom is -0.497 e. The van der Waals surface area contributed by atoms with Crippen molar-refractivity contribution in [1.82, 2.24) is 5.32 Å². The molecule has 0 aliphatic carbocycles. The maximum atomic E-state index is 12.3. The first-order valence-corrected chi connectivity index (χ1v) is 9.63. The van der Waals surface area contributed by atoms with Gasteiger partial charge >= 0.3 is 0 Å². The largest absolute Gasteiger partial charge is 0.497 e. The number of aliphatic imine (C=N–C) groups is 1. The number of rotatable bonds is 7. The van der Waals surface area contributed by atoms with Gasteiger partial charge in [0.15, 0.2) is 0 Å². The van der Waals surface area contributed by atoms with Crippen LogP contribution >= 0.6 is 11.3 Å². The predicted octanol–water partition coefficient (Wildman–Crippen LogP) is 3.35. The topological polar surface area (TPSA) is 103 Å². The number of amides is 1. The molecule has 28 heavy (non-hydrogen) atoms. The maximum absolute atomic E-state index is 12.3. The van der Waals surface area contributed by atoms with E-state index in [0.717, 1.165) is 16.1 Å². The molecule has 0 radical (unpaired) electrons. The van der Waals surface area contributed by atoms with Gasteiger partial charge in [0.2, 0.25) is 0 Å². The summed E-state index contributed by atoms with van der Waals surface area (Å²) < 4.78 is 5.14. The monoisotopic (exact) mass is 394 g/mol. The molecule has 0 fully saturated rings. The highest BCUT2D eigenvalue weighted by Crippen LogP contribution is 2.19. The number of hydrogen-bond donors (Lipinski definition) is 3. The zero-order chi connectivity index (χ0) is 19.9. The van der Waals surface area contributed by atoms with Crippen molar-refractivity contribution in [2.75, 3.05) is 19.4 Å². The van der Waals surface area contributed by atoms with Crippen LogP contribution in [-0.2, 0) is 6.42 Å². The van der Waals surface area contributed by atoms with Gasteiger partial charge in [0, 0.05) is 12.2 Å². The normalized spacial score (nSPS) is 11.2. The van der Waals surface area contributed by atoms with E-state index in [4.69, 9.17) is 16.2 Å². The average Bonchev–Trinajstić information content (AvgIpc) is 3.24. The van der Waals surface area contributed by atoms with Crippen molar-refractivity contribution in [3.05, 3.63) is 76.0 Å². The van der Waals surface area contributed by atoms with Gasteiger partial charge in [-0.25, -0.2) is 4.99 Å². The molecule has 1 heterocycles. The summed E-state index contributed by atoms with van der Waals surface area (Å²) in [6.45, 7) is 0.495. The van der Waals surface area contributed by atoms with Crippen molar-refractivity contribution in [2.24, 2.45) is 10.7 Å². The molecule has 0 saturated carbocycles. The van der Waals surface area contributed by atoms with E-state index in [2.05, 4.69) is 10.3 Å². The quantitative estimate of drug-likeness (QED) is 0.325. The van der Waals surface area contributed by atoms with Crippen LogP contribution in [0.15, 0.2) is 65.0 Å². The molecule has 144 valence electrons. The van der Waals surface area contributed by atoms with Crippen molar-refractivity contribution in [2.45, 2.75) is 6.42 Å². The Morgan fingerprint density at radius 1 is 1.18 bits per heavy atom. The Morgan fingerprint density at radius 3 is 2.64 bits per heavy atom. The Morgan fingerprint density at radius 2 is 1.96 bits per heavy atom. The lowest BCUT2D eigenvalue weighted by Gasteiger charge is -2.09. The van der Waals surface area contributed by atoms with Crippen molar-refractivity contribution in [3.8, 4) is 5.75 Å². The Kier molecular flexibility index (Phi) is 6.29. The summed E-state index contributed by atoms with van der Waals surface area (Å²) in [6.07, 6.45) is 0.694. The number of hydrogen-bond acceptors (Lipinski definition) is 5. The molecule has 3 rings (SSSR count). The van der Waals surface area contributed by atoms with Crippen LogP contribution in [0, 0.1) is 0 Å². The Bertz CT molecular complexity index is 967. The number of ether oxygens (including phenoxy) is 1. The van der Waals surface area contributed by atoms with Gasteiger partial charge in [0.1, 0.15) is 11.6 Å². The molecule has 0 bridgehead atoms. The van der Waals surface area contributed by atoms with Gasteiger partial charge in [-0.15, -0.1) is 11.3 Å². The van der Waals surface area contributed by atoms with Gasteiger partial charge in [-0.05, 0) is 53.8 Å². The average molecular weight is 395 g/mol. The molecule has 0 unspecified atom stereocenters. The molecule has 5 N–H and O–H groups in total. The molecule has 1 amide bonds. The van der Waals surface area contributed by atoms with E-state index in [1.165, 1.54) is 0 Å². The van der Waals surface area contributed by atoms with E-state index in [0.29, 0.717) is 35.8 Å². The van der Waals surface area contributed by atoms with Crippen molar-refractivity contribution in [1.29, 1.82) is 0 Å². The minimum absolute atomic E-state index is 0.221. The summed E-state index contributed by atoms with van der Waals surface area (Å²) in [5.74, 6) is 0.879. The van der Waals surface area contributed by atoms with E-state index in [9.17, 15) is 4.79 Å². The van der Waals surface area contributed by atoms with E-state index >= 15 is 0 Å². The number of carbonyl (C=O) groups is 1. The Balaban J connectivity index is 1.55. The summed E-state index contributed by atoms with van der Waals surface area (Å²) in [4.78, 5) is 17.7. The number of amidine groups is 1. The second-order valence-electron chi connectivity index (χ2n) is 6.10. The maximum Gasteiger partial charge on any atom is 0.253 e. The number of anilines is 1. The second kappa shape index (κ2) is 9.05. The van der Waals surface area contributed by atoms with E-state index in [-0.39, 0.29) is 5.91 Å². The van der Waals surface area contributed by atoms with Gasteiger partial charge < -0.3 is 21.5 Å². The fourth-order valence-corrected chi connectivity index (χ4v) is 3.26. The molecular formula is C21H22N4O2S. The molecular weight excluding hydrogens is 372 g/mol. The number of methoxy groups -OCH3 is 1. The molecule has 1 aromatic heterocycles. The molecule has 3 aromatic rings. The third-order valence-corrected chi connectivity index (χ3v) is 5.06. The molecule has 2 aromatic carbocycles. The van der Waals surface area contributed by atoms with Crippen molar-refractivity contribution >= 4 is 34.5 Å². The second-order valence-corrected chi connectivity index (χ2v) is 7.05. The number of benzene rings is 2. The van der Waals surface area contributed by atoms with Crippen LogP contribution in [0.1, 0.15) is 20.8 Å². The number of nitrogens with one attached hydrogen (secondary N) is 1. The molecule has 0 atom stereocenters. The SMILES string of the molecule is COc1ccc(N)c(C(=O)NCCc2ccc(/N=C(\N)c3cccs3)cc2)c1. The lowest BCUT2D eigenvalue weighted by atomic mass is 10.1.